The van der Waals surface area contributed by atoms with E-state index in [-0.39, 0.29) is 11.0 Å². The lowest BCUT2D eigenvalue weighted by atomic mass is 9.94. The molecule has 0 aromatic carbocycles. The summed E-state index contributed by atoms with van der Waals surface area (Å²) in [5, 5.41) is 0.247. The SMILES string of the molecule is C=CC(Cl)=N/C(N)=C\C(=C)C(C)(CC)OC. The molecule has 0 amide bonds. The minimum absolute atomic E-state index is 0.247. The zero-order chi connectivity index (χ0) is 12.8. The topological polar surface area (TPSA) is 47.6 Å². The van der Waals surface area contributed by atoms with E-state index in [9.17, 15) is 0 Å². The first-order valence-electron chi connectivity index (χ1n) is 4.98. The molecule has 3 nitrogen and oxygen atoms in total. The quantitative estimate of drug-likeness (QED) is 0.575. The highest BCUT2D eigenvalue weighted by atomic mass is 35.5. The van der Waals surface area contributed by atoms with Crippen LogP contribution in [0.1, 0.15) is 20.3 Å². The summed E-state index contributed by atoms with van der Waals surface area (Å²) in [5.74, 6) is 0.284. The number of rotatable bonds is 6. The monoisotopic (exact) mass is 242 g/mol. The fourth-order valence-electron chi connectivity index (χ4n) is 1.03. The van der Waals surface area contributed by atoms with Crippen LogP contribution in [0, 0.1) is 0 Å². The van der Waals surface area contributed by atoms with E-state index in [2.05, 4.69) is 18.2 Å². The Kier molecular flexibility index (Phi) is 6.08. The molecule has 0 aliphatic heterocycles. The molecule has 0 spiro atoms. The Morgan fingerprint density at radius 2 is 2.19 bits per heavy atom. The van der Waals surface area contributed by atoms with Crippen LogP contribution in [0.3, 0.4) is 0 Å². The average Bonchev–Trinajstić information content (AvgIpc) is 2.27. The van der Waals surface area contributed by atoms with E-state index in [0.29, 0.717) is 0 Å². The number of aliphatic imine (C=N–C) groups is 1. The minimum atomic E-state index is -0.430. The summed E-state index contributed by atoms with van der Waals surface area (Å²) in [6.07, 6.45) is 3.87. The number of nitrogens with zero attached hydrogens (tertiary/aromatic N) is 1. The van der Waals surface area contributed by atoms with Crippen molar-refractivity contribution in [3.05, 3.63) is 36.7 Å². The van der Waals surface area contributed by atoms with Gasteiger partial charge in [0.2, 0.25) is 0 Å². The zero-order valence-corrected chi connectivity index (χ0v) is 10.8. The van der Waals surface area contributed by atoms with E-state index in [1.54, 1.807) is 13.2 Å². The first-order chi connectivity index (χ1) is 7.39. The molecule has 0 bridgehead atoms. The average molecular weight is 243 g/mol. The highest BCUT2D eigenvalue weighted by molar-refractivity contribution is 6.68. The van der Waals surface area contributed by atoms with Crippen LogP contribution in [0.25, 0.3) is 0 Å². The molecule has 0 heterocycles. The summed E-state index contributed by atoms with van der Waals surface area (Å²) >= 11 is 5.68. The summed E-state index contributed by atoms with van der Waals surface area (Å²) in [6.45, 7) is 11.4. The van der Waals surface area contributed by atoms with E-state index < -0.39 is 5.60 Å². The molecule has 0 rings (SSSR count). The summed E-state index contributed by atoms with van der Waals surface area (Å²) in [5.41, 5.74) is 6.01. The molecular weight excluding hydrogens is 224 g/mol. The van der Waals surface area contributed by atoms with Crippen molar-refractivity contribution in [2.75, 3.05) is 7.11 Å². The first kappa shape index (κ1) is 14.9. The second-order valence-electron chi connectivity index (χ2n) is 3.52. The highest BCUT2D eigenvalue weighted by Gasteiger charge is 2.23. The fraction of sp³-hybridized carbons (Fsp3) is 0.417. The third-order valence-electron chi connectivity index (χ3n) is 2.53. The van der Waals surface area contributed by atoms with E-state index >= 15 is 0 Å². The molecular formula is C12H19ClN2O. The zero-order valence-electron chi connectivity index (χ0n) is 10.1. The lowest BCUT2D eigenvalue weighted by Crippen LogP contribution is -2.27. The Bertz CT molecular complexity index is 328. The van der Waals surface area contributed by atoms with E-state index in [1.807, 2.05) is 13.8 Å². The van der Waals surface area contributed by atoms with Crippen molar-refractivity contribution in [1.82, 2.24) is 0 Å². The van der Waals surface area contributed by atoms with Gasteiger partial charge in [-0.05, 0) is 31.1 Å². The molecule has 1 unspecified atom stereocenters. The number of hydrogen-bond acceptors (Lipinski definition) is 3. The molecule has 0 aromatic heterocycles. The van der Waals surface area contributed by atoms with E-state index in [4.69, 9.17) is 22.1 Å². The van der Waals surface area contributed by atoms with Gasteiger partial charge in [-0.3, -0.25) is 0 Å². The van der Waals surface area contributed by atoms with Crippen molar-refractivity contribution in [2.24, 2.45) is 10.7 Å². The molecule has 1 atom stereocenters. The molecule has 2 N–H and O–H groups in total. The molecule has 4 heteroatoms. The summed E-state index contributed by atoms with van der Waals surface area (Å²) < 4.78 is 5.38. The predicted molar refractivity (Wildman–Crippen MR) is 70.6 cm³/mol. The van der Waals surface area contributed by atoms with Gasteiger partial charge >= 0.3 is 0 Å². The molecule has 16 heavy (non-hydrogen) atoms. The van der Waals surface area contributed by atoms with Gasteiger partial charge in [-0.15, -0.1) is 0 Å². The number of methoxy groups -OCH3 is 1. The number of allylic oxidation sites excluding steroid dienone is 1. The van der Waals surface area contributed by atoms with E-state index in [1.165, 1.54) is 6.08 Å². The fourth-order valence-corrected chi connectivity index (χ4v) is 1.13. The van der Waals surface area contributed by atoms with Crippen molar-refractivity contribution in [2.45, 2.75) is 25.9 Å². The van der Waals surface area contributed by atoms with Gasteiger partial charge in [0.15, 0.2) is 0 Å². The number of halogens is 1. The van der Waals surface area contributed by atoms with Crippen LogP contribution in [0.5, 0.6) is 0 Å². The first-order valence-corrected chi connectivity index (χ1v) is 5.35. The standard InChI is InChI=1S/C12H19ClN2O/c1-6-10(13)15-11(14)8-9(3)12(4,7-2)16-5/h6,8H,1,3,7,14H2,2,4-5H3/b11-8-,15-10?. The van der Waals surface area contributed by atoms with Crippen LogP contribution >= 0.6 is 11.6 Å². The maximum absolute atomic E-state index is 5.68. The third kappa shape index (κ3) is 4.21. The van der Waals surface area contributed by atoms with Crippen molar-refractivity contribution < 1.29 is 4.74 Å². The normalized spacial score (nSPS) is 16.8. The van der Waals surface area contributed by atoms with Crippen molar-refractivity contribution in [3.63, 3.8) is 0 Å². The minimum Gasteiger partial charge on any atom is -0.384 e. The molecule has 0 saturated heterocycles. The predicted octanol–water partition coefficient (Wildman–Crippen LogP) is 2.98. The Labute approximate surface area is 102 Å². The third-order valence-corrected chi connectivity index (χ3v) is 2.77. The van der Waals surface area contributed by atoms with Crippen LogP contribution in [0.15, 0.2) is 41.7 Å². The van der Waals surface area contributed by atoms with Crippen LogP contribution in [0.2, 0.25) is 0 Å². The van der Waals surface area contributed by atoms with Gasteiger partial charge in [0.1, 0.15) is 11.0 Å². The molecule has 0 aliphatic rings. The number of ether oxygens (including phenoxy) is 1. The maximum atomic E-state index is 5.68. The van der Waals surface area contributed by atoms with Gasteiger partial charge in [-0.2, -0.15) is 0 Å². The van der Waals surface area contributed by atoms with Gasteiger partial charge < -0.3 is 10.5 Å². The molecule has 0 fully saturated rings. The molecule has 0 radical (unpaired) electrons. The largest absolute Gasteiger partial charge is 0.384 e. The van der Waals surface area contributed by atoms with E-state index in [0.717, 1.165) is 12.0 Å². The highest BCUT2D eigenvalue weighted by Crippen LogP contribution is 2.24. The van der Waals surface area contributed by atoms with Gasteiger partial charge in [0, 0.05) is 7.11 Å². The summed E-state index contributed by atoms with van der Waals surface area (Å²) in [4.78, 5) is 3.90. The van der Waals surface area contributed by atoms with Crippen LogP contribution in [-0.2, 0) is 4.74 Å². The van der Waals surface area contributed by atoms with Gasteiger partial charge in [0.05, 0.1) is 5.60 Å². The number of nitrogens with two attached hydrogens (primary N) is 1. The lowest BCUT2D eigenvalue weighted by molar-refractivity contribution is 0.0384. The van der Waals surface area contributed by atoms with Crippen LogP contribution in [0.4, 0.5) is 0 Å². The Morgan fingerprint density at radius 1 is 1.62 bits per heavy atom. The van der Waals surface area contributed by atoms with Crippen LogP contribution < -0.4 is 5.73 Å². The molecule has 0 saturated carbocycles. The summed E-state index contributed by atoms with van der Waals surface area (Å²) in [6, 6.07) is 0. The van der Waals surface area contributed by atoms with Crippen molar-refractivity contribution >= 4 is 16.8 Å². The van der Waals surface area contributed by atoms with Gasteiger partial charge in [-0.25, -0.2) is 4.99 Å². The Morgan fingerprint density at radius 3 is 2.56 bits per heavy atom. The van der Waals surface area contributed by atoms with Crippen molar-refractivity contribution in [3.8, 4) is 0 Å². The Balaban J connectivity index is 4.90. The summed E-state index contributed by atoms with van der Waals surface area (Å²) in [7, 11) is 1.64. The van der Waals surface area contributed by atoms with Gasteiger partial charge in [-0.1, -0.05) is 31.7 Å². The van der Waals surface area contributed by atoms with Crippen LogP contribution in [-0.4, -0.2) is 17.9 Å². The molecule has 0 aromatic rings. The van der Waals surface area contributed by atoms with Gasteiger partial charge in [0.25, 0.3) is 0 Å². The smallest absolute Gasteiger partial charge is 0.130 e. The molecule has 0 aliphatic carbocycles. The second kappa shape index (κ2) is 6.51. The Hall–Kier alpha value is -1.06. The number of hydrogen-bond donors (Lipinski definition) is 1. The second-order valence-corrected chi connectivity index (χ2v) is 3.91. The maximum Gasteiger partial charge on any atom is 0.130 e. The van der Waals surface area contributed by atoms with Crippen molar-refractivity contribution in [1.29, 1.82) is 0 Å². The molecule has 90 valence electrons. The lowest BCUT2D eigenvalue weighted by Gasteiger charge is -2.27.